The Bertz CT molecular complexity index is 1050. The number of carboxylic acids is 3. The molecule has 19 nitrogen and oxygen atoms in total. The van der Waals surface area contributed by atoms with Gasteiger partial charge in [0.2, 0.25) is 0 Å². The minimum absolute atomic E-state index is 0.00119. The molecule has 0 rings (SSSR count). The highest BCUT2D eigenvalue weighted by Crippen LogP contribution is 2.25. The number of quaternary nitrogens is 1. The number of aliphatic hydroxyl groups excluding tert-OH is 6. The van der Waals surface area contributed by atoms with Crippen molar-refractivity contribution >= 4 is 26.7 Å². The maximum Gasteiger partial charge on any atom is 0.501 e. The summed E-state index contributed by atoms with van der Waals surface area (Å²) in [4.78, 5) is 34.1. The van der Waals surface area contributed by atoms with Gasteiger partial charge in [-0.05, 0) is 12.8 Å². The highest BCUT2D eigenvalue weighted by Gasteiger charge is 2.48. The molecule has 0 aliphatic rings. The fraction of sp³-hybridized carbons (Fsp3) is 0.927. The summed E-state index contributed by atoms with van der Waals surface area (Å²) in [7, 11) is -0.183. The topological polar surface area (TPSA) is 300 Å². The summed E-state index contributed by atoms with van der Waals surface area (Å²) in [5.41, 5.74) is -5.25. The van der Waals surface area contributed by atoms with Crippen molar-refractivity contribution < 1.29 is 78.1 Å². The Balaban J connectivity index is 5.94. The first kappa shape index (κ1) is 59.1. The Labute approximate surface area is 365 Å². The lowest BCUT2D eigenvalue weighted by atomic mass is 10.0. The quantitative estimate of drug-likeness (QED) is 0.0210. The van der Waals surface area contributed by atoms with Crippen LogP contribution in [0, 0.1) is 0 Å². The van der Waals surface area contributed by atoms with Crippen molar-refractivity contribution in [3.05, 3.63) is 0 Å². The summed E-state index contributed by atoms with van der Waals surface area (Å²) in [5, 5.41) is 99.2. The molecule has 0 aliphatic heterocycles. The first-order valence-electron chi connectivity index (χ1n) is 22.3. The van der Waals surface area contributed by atoms with E-state index in [1.165, 1.54) is 83.5 Å². The predicted molar refractivity (Wildman–Crippen MR) is 229 cm³/mol. The van der Waals surface area contributed by atoms with Crippen molar-refractivity contribution in [2.75, 3.05) is 106 Å². The van der Waals surface area contributed by atoms with Crippen molar-refractivity contribution in [1.82, 2.24) is 16.0 Å². The van der Waals surface area contributed by atoms with Crippen LogP contribution in [0.2, 0.25) is 6.04 Å². The standard InChI is InChI=1S/C41H84N4O15Si/c1-4-5-6-7-8-9-10-11-12-13-14-15-16-17-18-19-21-45(2,3)22-20-23-61(58-33-39(27-46,28-47)42-24-36(52)53,59-34-40(29-48,30-49)43-25-37(54)55)60-35-41(31-50,32-51)44-26-38(56)57/h42-44,46-51H,4-35H2,1-3H3,(H2-,52,53,54,55,56,57). The van der Waals surface area contributed by atoms with E-state index >= 15 is 0 Å². The molecule has 0 aromatic carbocycles. The van der Waals surface area contributed by atoms with Gasteiger partial charge < -0.3 is 73.8 Å². The normalized spacial score (nSPS) is 12.9. The van der Waals surface area contributed by atoms with Gasteiger partial charge >= 0.3 is 20.7 Å². The maximum atomic E-state index is 11.4. The van der Waals surface area contributed by atoms with E-state index in [-0.39, 0.29) is 6.04 Å². The van der Waals surface area contributed by atoms with Gasteiger partial charge in [-0.15, -0.1) is 0 Å². The third-order valence-electron chi connectivity index (χ3n) is 11.2. The van der Waals surface area contributed by atoms with Crippen molar-refractivity contribution in [3.8, 4) is 0 Å². The van der Waals surface area contributed by atoms with E-state index < -0.39 is 122 Å². The molecule has 11 N–H and O–H groups in total. The summed E-state index contributed by atoms with van der Waals surface area (Å²) in [5.74, 6) is -4.12. The zero-order chi connectivity index (χ0) is 46.1. The number of nitrogens with one attached hydrogen (secondary N) is 3. The van der Waals surface area contributed by atoms with E-state index in [0.29, 0.717) is 17.4 Å². The number of carboxylic acid groups (broad SMARTS) is 3. The van der Waals surface area contributed by atoms with E-state index in [1.807, 2.05) is 0 Å². The maximum absolute atomic E-state index is 11.4. The van der Waals surface area contributed by atoms with E-state index in [4.69, 9.17) is 13.3 Å². The smallest absolute Gasteiger partial charge is 0.501 e. The van der Waals surface area contributed by atoms with Crippen LogP contribution in [0.5, 0.6) is 0 Å². The number of carbonyl (C=O) groups is 3. The molecule has 0 saturated heterocycles. The first-order chi connectivity index (χ1) is 29.0. The lowest BCUT2D eigenvalue weighted by Crippen LogP contribution is -2.64. The molecule has 20 heteroatoms. The third kappa shape index (κ3) is 27.1. The molecule has 362 valence electrons. The van der Waals surface area contributed by atoms with Crippen molar-refractivity contribution in [1.29, 1.82) is 0 Å². The van der Waals surface area contributed by atoms with Gasteiger partial charge in [0.1, 0.15) is 0 Å². The van der Waals surface area contributed by atoms with E-state index in [1.54, 1.807) is 0 Å². The largest absolute Gasteiger partial charge is 0.549 e. The second-order valence-electron chi connectivity index (χ2n) is 17.3. The zero-order valence-corrected chi connectivity index (χ0v) is 38.5. The molecule has 0 unspecified atom stereocenters. The number of hydrogen-bond donors (Lipinski definition) is 11. The van der Waals surface area contributed by atoms with Crippen LogP contribution in [0.15, 0.2) is 0 Å². The van der Waals surface area contributed by atoms with Gasteiger partial charge in [0.15, 0.2) is 0 Å². The molecule has 0 spiro atoms. The third-order valence-corrected chi connectivity index (χ3v) is 13.9. The highest BCUT2D eigenvalue weighted by atomic mass is 28.4. The van der Waals surface area contributed by atoms with Crippen molar-refractivity contribution in [2.45, 2.75) is 139 Å². The molecular formula is C41H84N4O15Si. The monoisotopic (exact) mass is 901 g/mol. The number of aliphatic carboxylic acids is 3. The number of aliphatic hydroxyl groups is 6. The van der Waals surface area contributed by atoms with Crippen LogP contribution in [0.25, 0.3) is 0 Å². The molecule has 0 aromatic heterocycles. The molecule has 0 bridgehead atoms. The number of carbonyl (C=O) groups excluding carboxylic acids is 1. The molecule has 0 saturated carbocycles. The molecule has 0 atom stereocenters. The van der Waals surface area contributed by atoms with Gasteiger partial charge in [0.25, 0.3) is 0 Å². The second kappa shape index (κ2) is 33.6. The summed E-state index contributed by atoms with van der Waals surface area (Å²) in [6.45, 7) is -5.09. The molecule has 0 amide bonds. The van der Waals surface area contributed by atoms with E-state index in [9.17, 15) is 60.3 Å². The number of unbranched alkanes of at least 4 members (excludes halogenated alkanes) is 15. The SMILES string of the molecule is CCCCCCCCCCCCCCCCCC[N+](C)(C)CCC[Si](OCC(CO)(CO)NCC(=O)[O-])(OCC(CO)(CO)NCC(=O)O)OCC(CO)(CO)NCC(=O)O. The number of nitrogens with zero attached hydrogens (tertiary/aromatic N) is 1. The Morgan fingerprint density at radius 3 is 1.10 bits per heavy atom. The molecule has 0 heterocycles. The van der Waals surface area contributed by atoms with Crippen LogP contribution in [0.3, 0.4) is 0 Å². The van der Waals surface area contributed by atoms with Crippen LogP contribution in [0.4, 0.5) is 0 Å². The van der Waals surface area contributed by atoms with Gasteiger partial charge in [-0.2, -0.15) is 0 Å². The zero-order valence-electron chi connectivity index (χ0n) is 37.5. The lowest BCUT2D eigenvalue weighted by molar-refractivity contribution is -0.890. The minimum atomic E-state index is -4.32. The van der Waals surface area contributed by atoms with Crippen LogP contribution < -0.4 is 21.1 Å². The van der Waals surface area contributed by atoms with Crippen molar-refractivity contribution in [2.24, 2.45) is 0 Å². The van der Waals surface area contributed by atoms with Crippen LogP contribution >= 0.6 is 0 Å². The summed E-state index contributed by atoms with van der Waals surface area (Å²) in [6, 6.07) is -0.00119. The molecule has 61 heavy (non-hydrogen) atoms. The Morgan fingerprint density at radius 1 is 0.508 bits per heavy atom. The summed E-state index contributed by atoms with van der Waals surface area (Å²) < 4.78 is 19.6. The van der Waals surface area contributed by atoms with E-state index in [0.717, 1.165) is 25.8 Å². The highest BCUT2D eigenvalue weighted by molar-refractivity contribution is 6.60. The van der Waals surface area contributed by atoms with E-state index in [2.05, 4.69) is 37.0 Å². The molecule has 0 aromatic rings. The van der Waals surface area contributed by atoms with Gasteiger partial charge in [0.05, 0.1) is 122 Å². The fourth-order valence-electron chi connectivity index (χ4n) is 6.71. The molecule has 0 aliphatic carbocycles. The molecular weight excluding hydrogens is 817 g/mol. The number of rotatable bonds is 45. The second-order valence-corrected chi connectivity index (χ2v) is 20.1. The number of hydrogen-bond acceptors (Lipinski definition) is 16. The van der Waals surface area contributed by atoms with Gasteiger partial charge in [-0.3, -0.25) is 20.2 Å². The van der Waals surface area contributed by atoms with Gasteiger partial charge in [0, 0.05) is 19.0 Å². The first-order valence-corrected chi connectivity index (χ1v) is 24.2. The fourth-order valence-corrected chi connectivity index (χ4v) is 9.47. The Hall–Kier alpha value is -1.89. The van der Waals surface area contributed by atoms with Gasteiger partial charge in [-0.25, -0.2) is 0 Å². The summed E-state index contributed by atoms with van der Waals surface area (Å²) >= 11 is 0. The van der Waals surface area contributed by atoms with Crippen LogP contribution in [-0.4, -0.2) is 195 Å². The Morgan fingerprint density at radius 2 is 0.803 bits per heavy atom. The van der Waals surface area contributed by atoms with Crippen LogP contribution in [-0.2, 0) is 27.7 Å². The Kier molecular flexibility index (Phi) is 32.6. The van der Waals surface area contributed by atoms with Gasteiger partial charge in [-0.1, -0.05) is 96.8 Å². The average molecular weight is 901 g/mol. The predicted octanol–water partition coefficient (Wildman–Crippen LogP) is -0.439. The summed E-state index contributed by atoms with van der Waals surface area (Å²) in [6.07, 6.45) is 20.6. The molecule has 0 fully saturated rings. The molecule has 0 radical (unpaired) electrons. The minimum Gasteiger partial charge on any atom is -0.549 e. The average Bonchev–Trinajstić information content (AvgIpc) is 3.24. The van der Waals surface area contributed by atoms with Crippen LogP contribution in [0.1, 0.15) is 116 Å². The lowest BCUT2D eigenvalue weighted by Gasteiger charge is -2.41. The van der Waals surface area contributed by atoms with Crippen molar-refractivity contribution in [3.63, 3.8) is 0 Å².